The van der Waals surface area contributed by atoms with Crippen LogP contribution in [0, 0.1) is 13.8 Å². The van der Waals surface area contributed by atoms with Gasteiger partial charge in [-0.25, -0.2) is 23.1 Å². The largest absolute Gasteiger partial charge is 0.496 e. The Morgan fingerprint density at radius 3 is 2.37 bits per heavy atom. The van der Waals surface area contributed by atoms with Gasteiger partial charge in [-0.2, -0.15) is 0 Å². The number of anilines is 3. The van der Waals surface area contributed by atoms with E-state index in [0.717, 1.165) is 11.3 Å². The van der Waals surface area contributed by atoms with Crippen LogP contribution in [-0.4, -0.2) is 30.7 Å². The fourth-order valence-electron chi connectivity index (χ4n) is 3.41. The van der Waals surface area contributed by atoms with E-state index in [2.05, 4.69) is 45.1 Å². The molecule has 0 spiro atoms. The van der Waals surface area contributed by atoms with E-state index in [0.29, 0.717) is 34.4 Å². The molecule has 0 radical (unpaired) electrons. The number of methoxy groups -OCH3 is 1. The van der Waals surface area contributed by atoms with Gasteiger partial charge in [0.05, 0.1) is 23.4 Å². The Morgan fingerprint density at radius 1 is 1.00 bits per heavy atom. The molecule has 0 aliphatic heterocycles. The summed E-state index contributed by atoms with van der Waals surface area (Å²) in [5, 5.41) is 6.97. The van der Waals surface area contributed by atoms with Crippen molar-refractivity contribution >= 4 is 27.4 Å². The maximum absolute atomic E-state index is 12.7. The molecule has 0 unspecified atom stereocenters. The SMILES string of the molecule is COc1ccc(C(C)C)cc1-c1cc(Nc2ccc(S(=O)(=O)Nc3onc(C)c3C)cc2)ncn1. The Labute approximate surface area is 204 Å². The predicted molar refractivity (Wildman–Crippen MR) is 135 cm³/mol. The number of hydrogen-bond donors (Lipinski definition) is 2. The Balaban J connectivity index is 1.55. The number of benzene rings is 2. The Hall–Kier alpha value is -3.92. The van der Waals surface area contributed by atoms with Crippen molar-refractivity contribution in [1.29, 1.82) is 0 Å². The molecule has 0 aliphatic carbocycles. The van der Waals surface area contributed by atoms with E-state index < -0.39 is 10.0 Å². The summed E-state index contributed by atoms with van der Waals surface area (Å²) < 4.78 is 38.5. The van der Waals surface area contributed by atoms with Crippen molar-refractivity contribution in [2.75, 3.05) is 17.1 Å². The molecule has 2 aromatic heterocycles. The molecule has 4 aromatic rings. The molecule has 0 amide bonds. The molecule has 10 heteroatoms. The molecule has 0 saturated carbocycles. The summed E-state index contributed by atoms with van der Waals surface area (Å²) in [4.78, 5) is 8.81. The molecule has 2 heterocycles. The number of sulfonamides is 1. The highest BCUT2D eigenvalue weighted by atomic mass is 32.2. The molecule has 0 aliphatic rings. The van der Waals surface area contributed by atoms with Crippen molar-refractivity contribution < 1.29 is 17.7 Å². The smallest absolute Gasteiger partial charge is 0.264 e. The fraction of sp³-hybridized carbons (Fsp3) is 0.240. The van der Waals surface area contributed by atoms with E-state index >= 15 is 0 Å². The Morgan fingerprint density at radius 2 is 1.74 bits per heavy atom. The van der Waals surface area contributed by atoms with E-state index in [-0.39, 0.29) is 10.8 Å². The second kappa shape index (κ2) is 9.75. The number of nitrogens with zero attached hydrogens (tertiary/aromatic N) is 3. The van der Waals surface area contributed by atoms with Crippen LogP contribution in [0.15, 0.2) is 64.3 Å². The molecule has 0 atom stereocenters. The minimum atomic E-state index is -3.82. The third-order valence-electron chi connectivity index (χ3n) is 5.65. The van der Waals surface area contributed by atoms with Gasteiger partial charge in [0, 0.05) is 22.9 Å². The lowest BCUT2D eigenvalue weighted by atomic mass is 9.99. The van der Waals surface area contributed by atoms with Crippen LogP contribution in [0.4, 0.5) is 17.4 Å². The van der Waals surface area contributed by atoms with Crippen LogP contribution < -0.4 is 14.8 Å². The molecule has 0 bridgehead atoms. The minimum Gasteiger partial charge on any atom is -0.496 e. The molecular weight excluding hydrogens is 466 g/mol. The summed E-state index contributed by atoms with van der Waals surface area (Å²) in [6.45, 7) is 7.74. The van der Waals surface area contributed by atoms with Gasteiger partial charge in [0.2, 0.25) is 5.88 Å². The normalized spacial score (nSPS) is 11.5. The van der Waals surface area contributed by atoms with Gasteiger partial charge in [0.25, 0.3) is 10.0 Å². The molecule has 4 rings (SSSR count). The monoisotopic (exact) mass is 493 g/mol. The topological polar surface area (TPSA) is 119 Å². The van der Waals surface area contributed by atoms with Crippen LogP contribution in [0.1, 0.15) is 36.6 Å². The Kier molecular flexibility index (Phi) is 6.74. The maximum Gasteiger partial charge on any atom is 0.264 e. The number of hydrogen-bond acceptors (Lipinski definition) is 8. The third-order valence-corrected chi connectivity index (χ3v) is 7.00. The number of aromatic nitrogens is 3. The summed E-state index contributed by atoms with van der Waals surface area (Å²) in [5.41, 5.74) is 4.69. The van der Waals surface area contributed by atoms with Crippen molar-refractivity contribution in [2.24, 2.45) is 0 Å². The lowest BCUT2D eigenvalue weighted by Crippen LogP contribution is -2.13. The molecule has 0 fully saturated rings. The standard InChI is InChI=1S/C25H27N5O4S/c1-15(2)18-6-11-23(33-5)21(12-18)22-13-24(27-14-26-22)28-19-7-9-20(10-8-19)35(31,32)30-25-16(3)17(4)29-34-25/h6-15,30H,1-5H3,(H,26,27,28). The molecule has 2 N–H and O–H groups in total. The number of nitrogens with one attached hydrogen (secondary N) is 2. The quantitative estimate of drug-likeness (QED) is 0.334. The average molecular weight is 494 g/mol. The maximum atomic E-state index is 12.7. The predicted octanol–water partition coefficient (Wildman–Crippen LogP) is 5.42. The fourth-order valence-corrected chi connectivity index (χ4v) is 4.46. The van der Waals surface area contributed by atoms with Gasteiger partial charge in [-0.1, -0.05) is 25.1 Å². The molecule has 182 valence electrons. The summed E-state index contributed by atoms with van der Waals surface area (Å²) in [6.07, 6.45) is 1.48. The van der Waals surface area contributed by atoms with E-state index in [4.69, 9.17) is 9.26 Å². The first-order valence-corrected chi connectivity index (χ1v) is 12.5. The van der Waals surface area contributed by atoms with Gasteiger partial charge in [-0.3, -0.25) is 0 Å². The van der Waals surface area contributed by atoms with Crippen molar-refractivity contribution in [3.05, 3.63) is 71.7 Å². The highest BCUT2D eigenvalue weighted by molar-refractivity contribution is 7.92. The first kappa shape index (κ1) is 24.2. The number of rotatable bonds is 8. The van der Waals surface area contributed by atoms with Crippen molar-refractivity contribution in [3.8, 4) is 17.0 Å². The van der Waals surface area contributed by atoms with E-state index in [1.54, 1.807) is 33.1 Å². The highest BCUT2D eigenvalue weighted by Crippen LogP contribution is 2.33. The highest BCUT2D eigenvalue weighted by Gasteiger charge is 2.19. The van der Waals surface area contributed by atoms with Gasteiger partial charge >= 0.3 is 0 Å². The molecular formula is C25H27N5O4S. The third kappa shape index (κ3) is 5.27. The molecule has 35 heavy (non-hydrogen) atoms. The van der Waals surface area contributed by atoms with E-state index in [1.165, 1.54) is 24.0 Å². The summed E-state index contributed by atoms with van der Waals surface area (Å²) in [6, 6.07) is 14.2. The van der Waals surface area contributed by atoms with Crippen molar-refractivity contribution in [3.63, 3.8) is 0 Å². The van der Waals surface area contributed by atoms with Crippen molar-refractivity contribution in [1.82, 2.24) is 15.1 Å². The molecule has 2 aromatic carbocycles. The van der Waals surface area contributed by atoms with Crippen LogP contribution in [0.2, 0.25) is 0 Å². The number of ether oxygens (including phenoxy) is 1. The second-order valence-electron chi connectivity index (χ2n) is 8.38. The van der Waals surface area contributed by atoms with Crippen molar-refractivity contribution in [2.45, 2.75) is 38.5 Å². The molecule has 9 nitrogen and oxygen atoms in total. The van der Waals surface area contributed by atoms with Crippen LogP contribution in [-0.2, 0) is 10.0 Å². The number of aryl methyl sites for hydroxylation is 1. The van der Waals surface area contributed by atoms with Crippen LogP contribution >= 0.6 is 0 Å². The van der Waals surface area contributed by atoms with Crippen LogP contribution in [0.25, 0.3) is 11.3 Å². The summed E-state index contributed by atoms with van der Waals surface area (Å²) in [7, 11) is -2.20. The van der Waals surface area contributed by atoms with Crippen LogP contribution in [0.3, 0.4) is 0 Å². The summed E-state index contributed by atoms with van der Waals surface area (Å²) in [5.74, 6) is 1.75. The van der Waals surface area contributed by atoms with Gasteiger partial charge in [-0.15, -0.1) is 0 Å². The molecule has 0 saturated heterocycles. The zero-order chi connectivity index (χ0) is 25.2. The van der Waals surface area contributed by atoms with Gasteiger partial charge in [0.1, 0.15) is 17.9 Å². The van der Waals surface area contributed by atoms with E-state index in [1.807, 2.05) is 18.2 Å². The lowest BCUT2D eigenvalue weighted by molar-refractivity contribution is 0.416. The zero-order valence-corrected chi connectivity index (χ0v) is 21.0. The van der Waals surface area contributed by atoms with Gasteiger partial charge in [0.15, 0.2) is 0 Å². The second-order valence-corrected chi connectivity index (χ2v) is 10.1. The van der Waals surface area contributed by atoms with E-state index in [9.17, 15) is 8.42 Å². The lowest BCUT2D eigenvalue weighted by Gasteiger charge is -2.13. The van der Waals surface area contributed by atoms with Gasteiger partial charge in [-0.05, 0) is 61.7 Å². The van der Waals surface area contributed by atoms with Gasteiger partial charge < -0.3 is 14.6 Å². The summed E-state index contributed by atoms with van der Waals surface area (Å²) >= 11 is 0. The first-order chi connectivity index (χ1) is 16.7. The zero-order valence-electron chi connectivity index (χ0n) is 20.2. The Bertz CT molecular complexity index is 1450. The minimum absolute atomic E-state index is 0.0927. The first-order valence-electron chi connectivity index (χ1n) is 11.0. The van der Waals surface area contributed by atoms with Crippen LogP contribution in [0.5, 0.6) is 5.75 Å². The average Bonchev–Trinajstić information content (AvgIpc) is 3.15.